The summed E-state index contributed by atoms with van der Waals surface area (Å²) in [5, 5.41) is 2.82. The van der Waals surface area contributed by atoms with Crippen LogP contribution < -0.4 is 11.1 Å². The molecule has 150 valence electrons. The molecule has 1 fully saturated rings. The first kappa shape index (κ1) is 20.1. The fourth-order valence-electron chi connectivity index (χ4n) is 3.12. The number of hydrogen-bond acceptors (Lipinski definition) is 5. The maximum atomic E-state index is 12.8. The lowest BCUT2D eigenvalue weighted by Gasteiger charge is -2.36. The lowest BCUT2D eigenvalue weighted by atomic mass is 10.1. The highest BCUT2D eigenvalue weighted by Crippen LogP contribution is 2.16. The van der Waals surface area contributed by atoms with E-state index in [0.717, 1.165) is 16.6 Å². The zero-order valence-corrected chi connectivity index (χ0v) is 16.2. The van der Waals surface area contributed by atoms with E-state index in [0.29, 0.717) is 31.3 Å². The van der Waals surface area contributed by atoms with Gasteiger partial charge in [-0.2, -0.15) is 0 Å². The van der Waals surface area contributed by atoms with Crippen LogP contribution in [0.1, 0.15) is 40.9 Å². The average Bonchev–Trinajstić information content (AvgIpc) is 2.64. The molecule has 2 aromatic rings. The van der Waals surface area contributed by atoms with Crippen LogP contribution in [0.4, 0.5) is 4.39 Å². The van der Waals surface area contributed by atoms with Crippen molar-refractivity contribution in [2.45, 2.75) is 45.3 Å². The van der Waals surface area contributed by atoms with Crippen LogP contribution >= 0.6 is 0 Å². The van der Waals surface area contributed by atoms with Gasteiger partial charge in [-0.25, -0.2) is 9.37 Å². The van der Waals surface area contributed by atoms with Crippen LogP contribution in [-0.4, -0.2) is 58.5 Å². The molecule has 28 heavy (non-hydrogen) atoms. The predicted octanol–water partition coefficient (Wildman–Crippen LogP) is 1.65. The SMILES string of the molecule is Cc1cc2ncc(C(=O)NCCCC[C@H](N)C(=O)N3CC(F)C3)nc2cc1C. The molecule has 1 aromatic carbocycles. The number of nitrogens with two attached hydrogens (primary N) is 1. The van der Waals surface area contributed by atoms with E-state index in [4.69, 9.17) is 5.73 Å². The molecule has 7 nitrogen and oxygen atoms in total. The second kappa shape index (κ2) is 8.60. The number of unbranched alkanes of at least 4 members (excludes halogenated alkanes) is 1. The van der Waals surface area contributed by atoms with E-state index in [1.54, 1.807) is 0 Å². The number of rotatable bonds is 7. The highest BCUT2D eigenvalue weighted by atomic mass is 19.1. The molecular weight excluding hydrogens is 361 g/mol. The van der Waals surface area contributed by atoms with Gasteiger partial charge in [-0.3, -0.25) is 14.6 Å². The summed E-state index contributed by atoms with van der Waals surface area (Å²) in [5.41, 5.74) is 9.84. The molecule has 1 aromatic heterocycles. The van der Waals surface area contributed by atoms with Gasteiger partial charge >= 0.3 is 0 Å². The Labute approximate surface area is 163 Å². The van der Waals surface area contributed by atoms with Crippen LogP contribution in [0.5, 0.6) is 0 Å². The van der Waals surface area contributed by atoms with Crippen LogP contribution in [0, 0.1) is 13.8 Å². The Balaban J connectivity index is 1.42. The first-order valence-electron chi connectivity index (χ1n) is 9.56. The molecule has 2 heterocycles. The zero-order chi connectivity index (χ0) is 20.3. The number of halogens is 1. The normalized spacial score (nSPS) is 15.4. The molecule has 8 heteroatoms. The summed E-state index contributed by atoms with van der Waals surface area (Å²) in [6.45, 7) is 4.76. The number of nitrogens with zero attached hydrogens (tertiary/aromatic N) is 3. The minimum Gasteiger partial charge on any atom is -0.351 e. The fourth-order valence-corrected chi connectivity index (χ4v) is 3.12. The lowest BCUT2D eigenvalue weighted by molar-refractivity contribution is -0.139. The van der Waals surface area contributed by atoms with Crippen LogP contribution in [0.2, 0.25) is 0 Å². The van der Waals surface area contributed by atoms with E-state index in [1.165, 1.54) is 11.1 Å². The minimum atomic E-state index is -0.919. The molecule has 0 aliphatic carbocycles. The van der Waals surface area contributed by atoms with Crippen molar-refractivity contribution in [1.82, 2.24) is 20.2 Å². The lowest BCUT2D eigenvalue weighted by Crippen LogP contribution is -2.56. The standard InChI is InChI=1S/C20H26FN5O2/c1-12-7-16-17(8-13(12)2)25-18(9-24-16)19(27)23-6-4-3-5-15(22)20(28)26-10-14(21)11-26/h7-9,14-15H,3-6,10-11,22H2,1-2H3,(H,23,27)/t15-/m0/s1. The molecule has 3 N–H and O–H groups in total. The van der Waals surface area contributed by atoms with Crippen molar-refractivity contribution in [3.8, 4) is 0 Å². The van der Waals surface area contributed by atoms with Gasteiger partial charge in [0.2, 0.25) is 5.91 Å². The summed E-state index contributed by atoms with van der Waals surface area (Å²) in [6, 6.07) is 3.27. The molecule has 1 aliphatic heterocycles. The Kier molecular flexibility index (Phi) is 6.18. The number of carbonyl (C=O) groups excluding carboxylic acids is 2. The number of aryl methyl sites for hydroxylation is 2. The summed E-state index contributed by atoms with van der Waals surface area (Å²) < 4.78 is 12.8. The van der Waals surface area contributed by atoms with Gasteiger partial charge in [-0.05, 0) is 56.4 Å². The van der Waals surface area contributed by atoms with Gasteiger partial charge in [0.1, 0.15) is 11.9 Å². The van der Waals surface area contributed by atoms with Crippen LogP contribution in [-0.2, 0) is 4.79 Å². The van der Waals surface area contributed by atoms with Gasteiger partial charge < -0.3 is 16.0 Å². The van der Waals surface area contributed by atoms with Crippen LogP contribution in [0.25, 0.3) is 11.0 Å². The Morgan fingerprint density at radius 3 is 2.61 bits per heavy atom. The number of alkyl halides is 1. The number of nitrogens with one attached hydrogen (secondary N) is 1. The molecule has 0 radical (unpaired) electrons. The van der Waals surface area contributed by atoms with Gasteiger partial charge in [0.15, 0.2) is 0 Å². The Hall–Kier alpha value is -2.61. The van der Waals surface area contributed by atoms with Gasteiger partial charge in [0, 0.05) is 6.54 Å². The molecule has 0 saturated carbocycles. The fraction of sp³-hybridized carbons (Fsp3) is 0.500. The summed E-state index contributed by atoms with van der Waals surface area (Å²) in [7, 11) is 0. The van der Waals surface area contributed by atoms with Gasteiger partial charge in [-0.1, -0.05) is 0 Å². The minimum absolute atomic E-state index is 0.147. The average molecular weight is 387 g/mol. The number of aromatic nitrogens is 2. The van der Waals surface area contributed by atoms with E-state index in [-0.39, 0.29) is 30.6 Å². The molecule has 0 unspecified atom stereocenters. The highest BCUT2D eigenvalue weighted by Gasteiger charge is 2.32. The van der Waals surface area contributed by atoms with E-state index in [2.05, 4.69) is 15.3 Å². The van der Waals surface area contributed by atoms with Crippen molar-refractivity contribution < 1.29 is 14.0 Å². The molecule has 1 saturated heterocycles. The van der Waals surface area contributed by atoms with E-state index in [9.17, 15) is 14.0 Å². The molecule has 2 amide bonds. The molecular formula is C20H26FN5O2. The topological polar surface area (TPSA) is 101 Å². The van der Waals surface area contributed by atoms with E-state index in [1.807, 2.05) is 26.0 Å². The third-order valence-corrected chi connectivity index (χ3v) is 5.08. The second-order valence-corrected chi connectivity index (χ2v) is 7.38. The summed E-state index contributed by atoms with van der Waals surface area (Å²) in [4.78, 5) is 34.4. The van der Waals surface area contributed by atoms with Crippen molar-refractivity contribution in [2.24, 2.45) is 5.73 Å². The van der Waals surface area contributed by atoms with Crippen LogP contribution in [0.3, 0.4) is 0 Å². The largest absolute Gasteiger partial charge is 0.351 e. The monoisotopic (exact) mass is 387 g/mol. The number of benzene rings is 1. The van der Waals surface area contributed by atoms with Crippen molar-refractivity contribution in [3.05, 3.63) is 35.2 Å². The first-order valence-corrected chi connectivity index (χ1v) is 9.56. The van der Waals surface area contributed by atoms with E-state index >= 15 is 0 Å². The van der Waals surface area contributed by atoms with Gasteiger partial charge in [0.05, 0.1) is 36.4 Å². The smallest absolute Gasteiger partial charge is 0.271 e. The maximum Gasteiger partial charge on any atom is 0.271 e. The third-order valence-electron chi connectivity index (χ3n) is 5.08. The molecule has 3 rings (SSSR count). The zero-order valence-electron chi connectivity index (χ0n) is 16.2. The molecule has 1 atom stereocenters. The predicted molar refractivity (Wildman–Crippen MR) is 105 cm³/mol. The number of amides is 2. The molecule has 0 bridgehead atoms. The van der Waals surface area contributed by atoms with Crippen molar-refractivity contribution in [1.29, 1.82) is 0 Å². The third kappa shape index (κ3) is 4.62. The van der Waals surface area contributed by atoms with Crippen molar-refractivity contribution in [2.75, 3.05) is 19.6 Å². The summed E-state index contributed by atoms with van der Waals surface area (Å²) in [6.07, 6.45) is 2.46. The maximum absolute atomic E-state index is 12.8. The highest BCUT2D eigenvalue weighted by molar-refractivity contribution is 5.93. The first-order chi connectivity index (χ1) is 13.3. The number of fused-ring (bicyclic) bond motifs is 1. The van der Waals surface area contributed by atoms with Crippen molar-refractivity contribution >= 4 is 22.8 Å². The molecule has 0 spiro atoms. The summed E-state index contributed by atoms with van der Waals surface area (Å²) >= 11 is 0. The second-order valence-electron chi connectivity index (χ2n) is 7.38. The molecule has 1 aliphatic rings. The van der Waals surface area contributed by atoms with Crippen LogP contribution in [0.15, 0.2) is 18.3 Å². The van der Waals surface area contributed by atoms with Gasteiger partial charge in [0.25, 0.3) is 5.91 Å². The number of carbonyl (C=O) groups is 2. The number of hydrogen-bond donors (Lipinski definition) is 2. The summed E-state index contributed by atoms with van der Waals surface area (Å²) in [5.74, 6) is -0.475. The quantitative estimate of drug-likeness (QED) is 0.704. The van der Waals surface area contributed by atoms with Gasteiger partial charge in [-0.15, -0.1) is 0 Å². The Bertz CT molecular complexity index is 882. The Morgan fingerprint density at radius 1 is 1.25 bits per heavy atom. The van der Waals surface area contributed by atoms with Crippen molar-refractivity contribution in [3.63, 3.8) is 0 Å². The Morgan fingerprint density at radius 2 is 1.93 bits per heavy atom. The van der Waals surface area contributed by atoms with E-state index < -0.39 is 12.2 Å². The number of likely N-dealkylation sites (tertiary alicyclic amines) is 1.